The van der Waals surface area contributed by atoms with Gasteiger partial charge in [0.25, 0.3) is 0 Å². The number of nitriles is 1. The van der Waals surface area contributed by atoms with E-state index in [9.17, 15) is 10.1 Å². The van der Waals surface area contributed by atoms with E-state index in [1.54, 1.807) is 12.0 Å². The number of para-hydroxylation sites is 2. The van der Waals surface area contributed by atoms with Crippen molar-refractivity contribution in [3.63, 3.8) is 0 Å². The van der Waals surface area contributed by atoms with Crippen LogP contribution < -0.4 is 9.64 Å². The molecule has 1 atom stereocenters. The van der Waals surface area contributed by atoms with Crippen LogP contribution in [0.1, 0.15) is 12.5 Å². The Kier molecular flexibility index (Phi) is 8.24. The third kappa shape index (κ3) is 5.75. The Balaban J connectivity index is 1.58. The van der Waals surface area contributed by atoms with E-state index in [4.69, 9.17) is 9.72 Å². The van der Waals surface area contributed by atoms with Crippen LogP contribution >= 0.6 is 11.8 Å². The number of carbonyl (C=O) groups excluding carboxylic acids is 1. The van der Waals surface area contributed by atoms with Crippen molar-refractivity contribution >= 4 is 29.0 Å². The van der Waals surface area contributed by atoms with Crippen LogP contribution in [0.15, 0.2) is 126 Å². The minimum Gasteiger partial charge on any atom is -0.497 e. The zero-order valence-corrected chi connectivity index (χ0v) is 23.0. The lowest BCUT2D eigenvalue weighted by atomic mass is 9.99. The molecule has 0 saturated heterocycles. The molecule has 0 aliphatic rings. The number of ether oxygens (including phenoxy) is 1. The van der Waals surface area contributed by atoms with Crippen molar-refractivity contribution in [2.24, 2.45) is 0 Å². The Morgan fingerprint density at radius 2 is 1.38 bits per heavy atom. The predicted octanol–water partition coefficient (Wildman–Crippen LogP) is 8.14. The molecular formula is C34H27N3O2S. The van der Waals surface area contributed by atoms with Crippen molar-refractivity contribution in [3.05, 3.63) is 127 Å². The standard InChI is InChI=1S/C34H27N3O2S/c1-24(34(38)37(27-14-8-4-9-15-27)28-16-10-5-11-17-28)40-33-31(23-35)30(25-18-20-29(39-2)21-19-25)22-32(36-33)26-12-6-3-7-13-26/h3-22,24H,1-2H3. The molecule has 0 spiro atoms. The van der Waals surface area contributed by atoms with E-state index in [1.165, 1.54) is 11.8 Å². The SMILES string of the molecule is COc1ccc(-c2cc(-c3ccccc3)nc(SC(C)C(=O)N(c3ccccc3)c3ccccc3)c2C#N)cc1. The maximum Gasteiger partial charge on any atom is 0.244 e. The van der Waals surface area contributed by atoms with Gasteiger partial charge >= 0.3 is 0 Å². The second-order valence-corrected chi connectivity index (χ2v) is 10.4. The number of amides is 1. The van der Waals surface area contributed by atoms with Gasteiger partial charge in [0.1, 0.15) is 16.8 Å². The maximum absolute atomic E-state index is 14.0. The van der Waals surface area contributed by atoms with Gasteiger partial charge in [-0.3, -0.25) is 9.69 Å². The van der Waals surface area contributed by atoms with Crippen LogP contribution in [-0.2, 0) is 4.79 Å². The molecule has 0 N–H and O–H groups in total. The first kappa shape index (κ1) is 26.7. The molecule has 5 aromatic rings. The van der Waals surface area contributed by atoms with Crippen LogP contribution in [0.5, 0.6) is 5.75 Å². The highest BCUT2D eigenvalue weighted by Crippen LogP contribution is 2.37. The lowest BCUT2D eigenvalue weighted by Gasteiger charge is -2.26. The maximum atomic E-state index is 14.0. The summed E-state index contributed by atoms with van der Waals surface area (Å²) >= 11 is 1.30. The second kappa shape index (κ2) is 12.3. The fourth-order valence-electron chi connectivity index (χ4n) is 4.43. The minimum atomic E-state index is -0.533. The molecule has 1 amide bonds. The molecule has 1 heterocycles. The van der Waals surface area contributed by atoms with Gasteiger partial charge in [0.2, 0.25) is 5.91 Å². The molecule has 4 aromatic carbocycles. The van der Waals surface area contributed by atoms with Crippen LogP contribution in [-0.4, -0.2) is 23.3 Å². The fraction of sp³-hybridized carbons (Fsp3) is 0.0882. The molecule has 0 fully saturated rings. The van der Waals surface area contributed by atoms with Gasteiger partial charge in [0.15, 0.2) is 0 Å². The quantitative estimate of drug-likeness (QED) is 0.186. The van der Waals surface area contributed by atoms with Crippen molar-refractivity contribution in [1.82, 2.24) is 4.98 Å². The Hall–Kier alpha value is -4.86. The number of nitrogens with zero attached hydrogens (tertiary/aromatic N) is 3. The van der Waals surface area contributed by atoms with Crippen LogP contribution in [0.3, 0.4) is 0 Å². The van der Waals surface area contributed by atoms with Crippen molar-refractivity contribution in [2.45, 2.75) is 17.2 Å². The predicted molar refractivity (Wildman–Crippen MR) is 162 cm³/mol. The van der Waals surface area contributed by atoms with E-state index in [-0.39, 0.29) is 5.91 Å². The van der Waals surface area contributed by atoms with Gasteiger partial charge in [-0.15, -0.1) is 0 Å². The molecule has 40 heavy (non-hydrogen) atoms. The first-order chi connectivity index (χ1) is 19.6. The molecule has 1 aromatic heterocycles. The second-order valence-electron chi connectivity index (χ2n) is 9.05. The topological polar surface area (TPSA) is 66.2 Å². The first-order valence-electron chi connectivity index (χ1n) is 12.8. The summed E-state index contributed by atoms with van der Waals surface area (Å²) in [6.07, 6.45) is 0. The summed E-state index contributed by atoms with van der Waals surface area (Å²) in [5, 5.41) is 10.3. The van der Waals surface area contributed by atoms with E-state index < -0.39 is 5.25 Å². The van der Waals surface area contributed by atoms with E-state index in [0.29, 0.717) is 10.6 Å². The van der Waals surface area contributed by atoms with E-state index >= 15 is 0 Å². The number of hydrogen-bond acceptors (Lipinski definition) is 5. The number of rotatable bonds is 8. The number of thioether (sulfide) groups is 1. The van der Waals surface area contributed by atoms with Crippen molar-refractivity contribution < 1.29 is 9.53 Å². The smallest absolute Gasteiger partial charge is 0.244 e. The molecule has 0 aliphatic carbocycles. The average Bonchev–Trinajstić information content (AvgIpc) is 3.02. The Bertz CT molecular complexity index is 1600. The number of benzene rings is 4. The van der Waals surface area contributed by atoms with Crippen molar-refractivity contribution in [3.8, 4) is 34.2 Å². The number of hydrogen-bond donors (Lipinski definition) is 0. The van der Waals surface area contributed by atoms with Gasteiger partial charge in [-0.1, -0.05) is 90.6 Å². The summed E-state index contributed by atoms with van der Waals surface area (Å²) in [5.74, 6) is 0.625. The number of aromatic nitrogens is 1. The zero-order chi connectivity index (χ0) is 27.9. The number of methoxy groups -OCH3 is 1. The summed E-state index contributed by atoms with van der Waals surface area (Å²) in [7, 11) is 1.62. The molecule has 0 bridgehead atoms. The molecule has 5 rings (SSSR count). The molecule has 6 heteroatoms. The Morgan fingerprint density at radius 1 is 0.825 bits per heavy atom. The minimum absolute atomic E-state index is 0.107. The molecular weight excluding hydrogens is 514 g/mol. The Labute approximate surface area is 238 Å². The van der Waals surface area contributed by atoms with Gasteiger partial charge in [-0.2, -0.15) is 5.26 Å². The molecule has 196 valence electrons. The number of pyridine rings is 1. The largest absolute Gasteiger partial charge is 0.497 e. The highest BCUT2D eigenvalue weighted by molar-refractivity contribution is 8.00. The van der Waals surface area contributed by atoms with Gasteiger partial charge < -0.3 is 4.74 Å². The summed E-state index contributed by atoms with van der Waals surface area (Å²) < 4.78 is 5.33. The van der Waals surface area contributed by atoms with Gasteiger partial charge in [0.05, 0.1) is 23.6 Å². The highest BCUT2D eigenvalue weighted by Gasteiger charge is 2.27. The molecule has 0 aliphatic heterocycles. The summed E-state index contributed by atoms with van der Waals surface area (Å²) in [6, 6.07) is 40.9. The van der Waals surface area contributed by atoms with Gasteiger partial charge in [-0.05, 0) is 55.0 Å². The van der Waals surface area contributed by atoms with E-state index in [1.807, 2.05) is 128 Å². The highest BCUT2D eigenvalue weighted by atomic mass is 32.2. The van der Waals surface area contributed by atoms with Crippen molar-refractivity contribution in [1.29, 1.82) is 5.26 Å². The van der Waals surface area contributed by atoms with Gasteiger partial charge in [-0.25, -0.2) is 4.98 Å². The average molecular weight is 542 g/mol. The van der Waals surface area contributed by atoms with Crippen LogP contribution in [0.2, 0.25) is 0 Å². The fourth-order valence-corrected chi connectivity index (χ4v) is 5.39. The lowest BCUT2D eigenvalue weighted by molar-refractivity contribution is -0.117. The Morgan fingerprint density at radius 3 is 1.90 bits per heavy atom. The van der Waals surface area contributed by atoms with E-state index in [2.05, 4.69) is 6.07 Å². The lowest BCUT2D eigenvalue weighted by Crippen LogP contribution is -2.32. The zero-order valence-electron chi connectivity index (χ0n) is 22.2. The molecule has 5 nitrogen and oxygen atoms in total. The van der Waals surface area contributed by atoms with Gasteiger partial charge in [0, 0.05) is 22.5 Å². The number of carbonyl (C=O) groups is 1. The van der Waals surface area contributed by atoms with Crippen molar-refractivity contribution in [2.75, 3.05) is 12.0 Å². The summed E-state index contributed by atoms with van der Waals surface area (Å²) in [4.78, 5) is 20.6. The first-order valence-corrected chi connectivity index (χ1v) is 13.7. The van der Waals surface area contributed by atoms with Crippen LogP contribution in [0.4, 0.5) is 11.4 Å². The monoisotopic (exact) mass is 541 g/mol. The van der Waals surface area contributed by atoms with Crippen LogP contribution in [0.25, 0.3) is 22.4 Å². The molecule has 0 radical (unpaired) electrons. The summed E-state index contributed by atoms with van der Waals surface area (Å²) in [6.45, 7) is 1.86. The van der Waals surface area contributed by atoms with Crippen LogP contribution in [0, 0.1) is 11.3 Å². The third-order valence-corrected chi connectivity index (χ3v) is 7.53. The molecule has 1 unspecified atom stereocenters. The number of anilines is 2. The van der Waals surface area contributed by atoms with E-state index in [0.717, 1.165) is 39.5 Å². The molecule has 0 saturated carbocycles. The third-order valence-electron chi connectivity index (χ3n) is 6.45. The summed E-state index contributed by atoms with van der Waals surface area (Å²) in [5.41, 5.74) is 5.26. The normalized spacial score (nSPS) is 11.3.